The third kappa shape index (κ3) is 7.84. The van der Waals surface area contributed by atoms with Crippen molar-refractivity contribution >= 4 is 35.0 Å². The number of benzene rings is 3. The quantitative estimate of drug-likeness (QED) is 0.346. The largest absolute Gasteiger partial charge is 0.354 e. The Morgan fingerprint density at radius 2 is 1.54 bits per heavy atom. The average molecular weight is 511 g/mol. The summed E-state index contributed by atoms with van der Waals surface area (Å²) in [6, 6.07) is 20.5. The van der Waals surface area contributed by atoms with Crippen LogP contribution in [0.15, 0.2) is 66.7 Å². The van der Waals surface area contributed by atoms with Gasteiger partial charge in [0.15, 0.2) is 0 Å². The Morgan fingerprint density at radius 1 is 0.857 bits per heavy atom. The first kappa shape index (κ1) is 26.8. The maximum atomic E-state index is 13.8. The minimum atomic E-state index is -0.670. The van der Waals surface area contributed by atoms with Crippen LogP contribution in [0.2, 0.25) is 10.0 Å². The van der Waals surface area contributed by atoms with Gasteiger partial charge in [-0.2, -0.15) is 0 Å². The molecule has 0 fully saturated rings. The zero-order chi connectivity index (χ0) is 25.4. The molecule has 3 aromatic carbocycles. The van der Waals surface area contributed by atoms with Gasteiger partial charge in [-0.1, -0.05) is 95.8 Å². The van der Waals surface area contributed by atoms with Crippen molar-refractivity contribution in [3.05, 3.63) is 105 Å². The number of carbonyl (C=O) groups excluding carboxylic acids is 2. The molecule has 4 nitrogen and oxygen atoms in total. The van der Waals surface area contributed by atoms with Crippen LogP contribution in [0.1, 0.15) is 41.2 Å². The summed E-state index contributed by atoms with van der Waals surface area (Å²) in [6.45, 7) is 6.84. The molecule has 1 unspecified atom stereocenters. The molecule has 0 aliphatic heterocycles. The number of hydrogen-bond donors (Lipinski definition) is 1. The second kappa shape index (κ2) is 12.8. The van der Waals surface area contributed by atoms with Gasteiger partial charge in [-0.25, -0.2) is 0 Å². The zero-order valence-corrected chi connectivity index (χ0v) is 22.0. The highest BCUT2D eigenvalue weighted by molar-refractivity contribution is 6.42. The van der Waals surface area contributed by atoms with Gasteiger partial charge in [0.25, 0.3) is 0 Å². The summed E-state index contributed by atoms with van der Waals surface area (Å²) in [5.41, 5.74) is 4.94. The van der Waals surface area contributed by atoms with Gasteiger partial charge in [0, 0.05) is 19.5 Å². The maximum Gasteiger partial charge on any atom is 0.243 e. The molecule has 2 amide bonds. The molecule has 3 rings (SSSR count). The fourth-order valence-corrected chi connectivity index (χ4v) is 4.52. The van der Waals surface area contributed by atoms with Crippen LogP contribution in [-0.4, -0.2) is 29.3 Å². The Bertz CT molecular complexity index is 1140. The van der Waals surface area contributed by atoms with E-state index in [0.717, 1.165) is 34.2 Å². The SMILES string of the molecule is CCCNC(=O)C(Cc1ccccc1)N(Cc1ccc(Cl)c(Cl)c1)C(=O)Cc1cc(C)cc(C)c1. The van der Waals surface area contributed by atoms with Gasteiger partial charge in [0.05, 0.1) is 16.5 Å². The van der Waals surface area contributed by atoms with Crippen molar-refractivity contribution in [2.75, 3.05) is 6.54 Å². The topological polar surface area (TPSA) is 49.4 Å². The molecule has 0 radical (unpaired) electrons. The average Bonchev–Trinajstić information content (AvgIpc) is 2.82. The first-order valence-electron chi connectivity index (χ1n) is 11.9. The number of carbonyl (C=O) groups is 2. The first-order chi connectivity index (χ1) is 16.8. The smallest absolute Gasteiger partial charge is 0.243 e. The number of nitrogens with one attached hydrogen (secondary N) is 1. The molecule has 0 saturated heterocycles. The fourth-order valence-electron chi connectivity index (χ4n) is 4.20. The van der Waals surface area contributed by atoms with Crippen LogP contribution in [0.5, 0.6) is 0 Å². The molecule has 0 saturated carbocycles. The molecule has 0 aromatic heterocycles. The molecule has 6 heteroatoms. The lowest BCUT2D eigenvalue weighted by Crippen LogP contribution is -2.51. The number of nitrogens with zero attached hydrogens (tertiary/aromatic N) is 1. The van der Waals surface area contributed by atoms with Crippen LogP contribution in [0.4, 0.5) is 0 Å². The van der Waals surface area contributed by atoms with E-state index in [2.05, 4.69) is 11.4 Å². The third-order valence-corrected chi connectivity index (χ3v) is 6.53. The van der Waals surface area contributed by atoms with E-state index in [0.29, 0.717) is 23.0 Å². The maximum absolute atomic E-state index is 13.8. The number of halogens is 2. The summed E-state index contributed by atoms with van der Waals surface area (Å²) in [5, 5.41) is 3.86. The van der Waals surface area contributed by atoms with Crippen molar-refractivity contribution in [2.45, 2.75) is 52.6 Å². The summed E-state index contributed by atoms with van der Waals surface area (Å²) in [7, 11) is 0. The van der Waals surface area contributed by atoms with Gasteiger partial charge in [0.2, 0.25) is 11.8 Å². The van der Waals surface area contributed by atoms with E-state index in [-0.39, 0.29) is 24.8 Å². The molecule has 35 heavy (non-hydrogen) atoms. The van der Waals surface area contributed by atoms with E-state index >= 15 is 0 Å². The Balaban J connectivity index is 1.99. The van der Waals surface area contributed by atoms with Gasteiger partial charge in [-0.15, -0.1) is 0 Å². The van der Waals surface area contributed by atoms with E-state index in [1.807, 2.05) is 69.3 Å². The normalized spacial score (nSPS) is 11.7. The van der Waals surface area contributed by atoms with E-state index < -0.39 is 6.04 Å². The molecular weight excluding hydrogens is 479 g/mol. The van der Waals surface area contributed by atoms with Crippen molar-refractivity contribution in [2.24, 2.45) is 0 Å². The molecule has 0 aliphatic rings. The van der Waals surface area contributed by atoms with Crippen molar-refractivity contribution in [3.63, 3.8) is 0 Å². The lowest BCUT2D eigenvalue weighted by Gasteiger charge is -2.32. The minimum Gasteiger partial charge on any atom is -0.354 e. The van der Waals surface area contributed by atoms with Crippen molar-refractivity contribution in [1.82, 2.24) is 10.2 Å². The number of aryl methyl sites for hydroxylation is 2. The Labute approximate surface area is 218 Å². The molecule has 1 N–H and O–H groups in total. The highest BCUT2D eigenvalue weighted by Crippen LogP contribution is 2.25. The van der Waals surface area contributed by atoms with Crippen LogP contribution < -0.4 is 5.32 Å². The van der Waals surface area contributed by atoms with E-state index in [4.69, 9.17) is 23.2 Å². The molecular formula is C29H32Cl2N2O2. The van der Waals surface area contributed by atoms with Gasteiger partial charge in [-0.05, 0) is 49.1 Å². The van der Waals surface area contributed by atoms with E-state index in [9.17, 15) is 9.59 Å². The van der Waals surface area contributed by atoms with Crippen LogP contribution in [0.3, 0.4) is 0 Å². The Hall–Kier alpha value is -2.82. The molecule has 1 atom stereocenters. The highest BCUT2D eigenvalue weighted by Gasteiger charge is 2.30. The van der Waals surface area contributed by atoms with Crippen molar-refractivity contribution in [3.8, 4) is 0 Å². The summed E-state index contributed by atoms with van der Waals surface area (Å²) < 4.78 is 0. The molecule has 0 bridgehead atoms. The fraction of sp³-hybridized carbons (Fsp3) is 0.310. The zero-order valence-electron chi connectivity index (χ0n) is 20.5. The lowest BCUT2D eigenvalue weighted by atomic mass is 10.0. The molecule has 184 valence electrons. The standard InChI is InChI=1S/C29H32Cl2N2O2/c1-4-12-32-29(35)27(17-22-8-6-5-7-9-22)33(19-23-10-11-25(30)26(31)16-23)28(34)18-24-14-20(2)13-21(3)15-24/h5-11,13-16,27H,4,12,17-19H2,1-3H3,(H,32,35). The number of hydrogen-bond acceptors (Lipinski definition) is 2. The van der Waals surface area contributed by atoms with Gasteiger partial charge < -0.3 is 10.2 Å². The predicted molar refractivity (Wildman–Crippen MR) is 144 cm³/mol. The summed E-state index contributed by atoms with van der Waals surface area (Å²) >= 11 is 12.4. The molecule has 0 aliphatic carbocycles. The predicted octanol–water partition coefficient (Wildman–Crippen LogP) is 6.32. The van der Waals surface area contributed by atoms with Gasteiger partial charge in [0.1, 0.15) is 6.04 Å². The molecule has 0 spiro atoms. The van der Waals surface area contributed by atoms with Crippen LogP contribution in [0, 0.1) is 13.8 Å². The van der Waals surface area contributed by atoms with Gasteiger partial charge >= 0.3 is 0 Å². The Morgan fingerprint density at radius 3 is 2.17 bits per heavy atom. The number of amides is 2. The summed E-state index contributed by atoms with van der Waals surface area (Å²) in [5.74, 6) is -0.279. The second-order valence-corrected chi connectivity index (χ2v) is 9.75. The highest BCUT2D eigenvalue weighted by atomic mass is 35.5. The molecule has 3 aromatic rings. The van der Waals surface area contributed by atoms with Crippen molar-refractivity contribution < 1.29 is 9.59 Å². The summed E-state index contributed by atoms with van der Waals surface area (Å²) in [4.78, 5) is 28.8. The third-order valence-electron chi connectivity index (χ3n) is 5.79. The van der Waals surface area contributed by atoms with Crippen LogP contribution >= 0.6 is 23.2 Å². The van der Waals surface area contributed by atoms with E-state index in [1.165, 1.54) is 0 Å². The van der Waals surface area contributed by atoms with Crippen molar-refractivity contribution in [1.29, 1.82) is 0 Å². The minimum absolute atomic E-state index is 0.117. The van der Waals surface area contributed by atoms with Crippen LogP contribution in [0.25, 0.3) is 0 Å². The number of rotatable bonds is 10. The second-order valence-electron chi connectivity index (χ2n) is 8.94. The van der Waals surface area contributed by atoms with E-state index in [1.54, 1.807) is 17.0 Å². The summed E-state index contributed by atoms with van der Waals surface area (Å²) in [6.07, 6.45) is 1.43. The first-order valence-corrected chi connectivity index (χ1v) is 12.6. The molecule has 0 heterocycles. The Kier molecular flexibility index (Phi) is 9.76. The monoisotopic (exact) mass is 510 g/mol. The van der Waals surface area contributed by atoms with Gasteiger partial charge in [-0.3, -0.25) is 9.59 Å². The lowest BCUT2D eigenvalue weighted by molar-refractivity contribution is -0.140. The van der Waals surface area contributed by atoms with Crippen LogP contribution in [-0.2, 0) is 29.0 Å².